The lowest BCUT2D eigenvalue weighted by molar-refractivity contribution is -0.120. The van der Waals surface area contributed by atoms with Crippen LogP contribution in [0.15, 0.2) is 28.7 Å². The van der Waals surface area contributed by atoms with Gasteiger partial charge in [0, 0.05) is 17.1 Å². The summed E-state index contributed by atoms with van der Waals surface area (Å²) in [5.41, 5.74) is 1.11. The van der Waals surface area contributed by atoms with Gasteiger partial charge >= 0.3 is 0 Å². The highest BCUT2D eigenvalue weighted by atomic mass is 79.9. The predicted molar refractivity (Wildman–Crippen MR) is 67.0 cm³/mol. The maximum absolute atomic E-state index is 11.4. The summed E-state index contributed by atoms with van der Waals surface area (Å²) in [7, 11) is 0. The number of benzene rings is 1. The highest BCUT2D eigenvalue weighted by Gasteiger charge is 2.20. The van der Waals surface area contributed by atoms with Gasteiger partial charge in [0.05, 0.1) is 6.54 Å². The van der Waals surface area contributed by atoms with E-state index in [4.69, 9.17) is 0 Å². The number of rotatable bonds is 5. The smallest absolute Gasteiger partial charge is 0.234 e. The Labute approximate surface area is 104 Å². The molecule has 1 aromatic rings. The summed E-state index contributed by atoms with van der Waals surface area (Å²) in [6.45, 7) is 1.03. The molecule has 0 spiro atoms. The van der Waals surface area contributed by atoms with Crippen molar-refractivity contribution in [2.45, 2.75) is 25.4 Å². The summed E-state index contributed by atoms with van der Waals surface area (Å²) < 4.78 is 1.05. The molecule has 0 aliphatic heterocycles. The van der Waals surface area contributed by atoms with Crippen LogP contribution < -0.4 is 10.6 Å². The Morgan fingerprint density at radius 3 is 2.62 bits per heavy atom. The van der Waals surface area contributed by atoms with Crippen molar-refractivity contribution < 1.29 is 4.79 Å². The van der Waals surface area contributed by atoms with Crippen LogP contribution in [0.5, 0.6) is 0 Å². The molecule has 1 fully saturated rings. The normalized spacial score (nSPS) is 14.8. The Morgan fingerprint density at radius 1 is 1.31 bits per heavy atom. The van der Waals surface area contributed by atoms with E-state index in [1.165, 1.54) is 12.8 Å². The number of carbonyl (C=O) groups is 1. The van der Waals surface area contributed by atoms with Gasteiger partial charge in [-0.1, -0.05) is 28.1 Å². The molecule has 0 heterocycles. The molecule has 1 amide bonds. The molecular weight excluding hydrogens is 268 g/mol. The fourth-order valence-electron chi connectivity index (χ4n) is 1.39. The van der Waals surface area contributed by atoms with Crippen LogP contribution in [0, 0.1) is 0 Å². The van der Waals surface area contributed by atoms with Crippen LogP contribution in [-0.4, -0.2) is 18.5 Å². The summed E-state index contributed by atoms with van der Waals surface area (Å²) in [6, 6.07) is 8.53. The molecule has 0 radical (unpaired) electrons. The first kappa shape index (κ1) is 11.6. The van der Waals surface area contributed by atoms with Gasteiger partial charge in [0.2, 0.25) is 5.91 Å². The molecule has 0 saturated heterocycles. The maximum atomic E-state index is 11.4. The molecular formula is C12H15BrN2O. The van der Waals surface area contributed by atoms with E-state index in [9.17, 15) is 4.79 Å². The highest BCUT2D eigenvalue weighted by Crippen LogP contribution is 2.17. The third-order valence-corrected chi connectivity index (χ3v) is 3.06. The summed E-state index contributed by atoms with van der Waals surface area (Å²) in [5.74, 6) is 0.0646. The van der Waals surface area contributed by atoms with Gasteiger partial charge < -0.3 is 10.6 Å². The molecule has 0 bridgehead atoms. The van der Waals surface area contributed by atoms with Crippen LogP contribution in [0.3, 0.4) is 0 Å². The average molecular weight is 283 g/mol. The van der Waals surface area contributed by atoms with Crippen molar-refractivity contribution in [3.8, 4) is 0 Å². The number of carbonyl (C=O) groups excluding carboxylic acids is 1. The lowest BCUT2D eigenvalue weighted by Crippen LogP contribution is -2.34. The minimum atomic E-state index is 0.0646. The Balaban J connectivity index is 1.69. The predicted octanol–water partition coefficient (Wildman–Crippen LogP) is 1.82. The number of amides is 1. The van der Waals surface area contributed by atoms with E-state index in [1.54, 1.807) is 0 Å². The highest BCUT2D eigenvalue weighted by molar-refractivity contribution is 9.10. The van der Waals surface area contributed by atoms with Gasteiger partial charge in [-0.2, -0.15) is 0 Å². The van der Waals surface area contributed by atoms with Crippen LogP contribution in [0.1, 0.15) is 18.4 Å². The standard InChI is InChI=1S/C12H15BrN2O/c13-10-3-1-9(2-4-10)7-15-12(16)8-14-11-5-6-11/h1-4,11,14H,5-8H2,(H,15,16). The van der Waals surface area contributed by atoms with E-state index in [1.807, 2.05) is 24.3 Å². The molecule has 3 nitrogen and oxygen atoms in total. The average Bonchev–Trinajstić information content (AvgIpc) is 3.09. The van der Waals surface area contributed by atoms with Crippen LogP contribution >= 0.6 is 15.9 Å². The van der Waals surface area contributed by atoms with Gasteiger partial charge in [0.15, 0.2) is 0 Å². The Kier molecular flexibility index (Phi) is 3.96. The molecule has 2 rings (SSSR count). The summed E-state index contributed by atoms with van der Waals surface area (Å²) in [6.07, 6.45) is 2.42. The first-order valence-corrected chi connectivity index (χ1v) is 6.28. The van der Waals surface area contributed by atoms with Crippen LogP contribution in [0.2, 0.25) is 0 Å². The van der Waals surface area contributed by atoms with E-state index < -0.39 is 0 Å². The molecule has 1 saturated carbocycles. The van der Waals surface area contributed by atoms with Gasteiger partial charge in [0.1, 0.15) is 0 Å². The van der Waals surface area contributed by atoms with E-state index in [0.717, 1.165) is 10.0 Å². The summed E-state index contributed by atoms with van der Waals surface area (Å²) in [5, 5.41) is 6.07. The fourth-order valence-corrected chi connectivity index (χ4v) is 1.65. The molecule has 1 aliphatic carbocycles. The zero-order chi connectivity index (χ0) is 11.4. The van der Waals surface area contributed by atoms with Crippen molar-refractivity contribution in [1.29, 1.82) is 0 Å². The topological polar surface area (TPSA) is 41.1 Å². The zero-order valence-electron chi connectivity index (χ0n) is 9.00. The molecule has 1 aliphatic rings. The van der Waals surface area contributed by atoms with Crippen molar-refractivity contribution in [2.24, 2.45) is 0 Å². The van der Waals surface area contributed by atoms with Gasteiger partial charge in [0.25, 0.3) is 0 Å². The summed E-state index contributed by atoms with van der Waals surface area (Å²) in [4.78, 5) is 11.4. The van der Waals surface area contributed by atoms with Gasteiger partial charge in [-0.3, -0.25) is 4.79 Å². The first-order chi connectivity index (χ1) is 7.74. The molecule has 0 atom stereocenters. The van der Waals surface area contributed by atoms with E-state index in [2.05, 4.69) is 26.6 Å². The van der Waals surface area contributed by atoms with E-state index >= 15 is 0 Å². The lowest BCUT2D eigenvalue weighted by Gasteiger charge is -2.06. The number of halogens is 1. The first-order valence-electron chi connectivity index (χ1n) is 5.48. The largest absolute Gasteiger partial charge is 0.351 e. The van der Waals surface area contributed by atoms with E-state index in [-0.39, 0.29) is 5.91 Å². The molecule has 1 aromatic carbocycles. The molecule has 4 heteroatoms. The van der Waals surface area contributed by atoms with Crippen LogP contribution in [-0.2, 0) is 11.3 Å². The second-order valence-electron chi connectivity index (χ2n) is 4.06. The monoisotopic (exact) mass is 282 g/mol. The Bertz CT molecular complexity index is 360. The molecule has 0 unspecified atom stereocenters. The second-order valence-corrected chi connectivity index (χ2v) is 4.97. The lowest BCUT2D eigenvalue weighted by atomic mass is 10.2. The number of nitrogens with one attached hydrogen (secondary N) is 2. The van der Waals surface area contributed by atoms with Crippen molar-refractivity contribution >= 4 is 21.8 Å². The fraction of sp³-hybridized carbons (Fsp3) is 0.417. The van der Waals surface area contributed by atoms with Crippen molar-refractivity contribution in [3.63, 3.8) is 0 Å². The van der Waals surface area contributed by atoms with E-state index in [0.29, 0.717) is 19.1 Å². The summed E-state index contributed by atoms with van der Waals surface area (Å²) >= 11 is 3.38. The van der Waals surface area contributed by atoms with Crippen LogP contribution in [0.25, 0.3) is 0 Å². The minimum absolute atomic E-state index is 0.0646. The third kappa shape index (κ3) is 3.94. The molecule has 2 N–H and O–H groups in total. The Hall–Kier alpha value is -0.870. The Morgan fingerprint density at radius 2 is 2.00 bits per heavy atom. The van der Waals surface area contributed by atoms with Gasteiger partial charge in [-0.15, -0.1) is 0 Å². The maximum Gasteiger partial charge on any atom is 0.234 e. The molecule has 16 heavy (non-hydrogen) atoms. The van der Waals surface area contributed by atoms with Crippen LogP contribution in [0.4, 0.5) is 0 Å². The second kappa shape index (κ2) is 5.46. The van der Waals surface area contributed by atoms with Gasteiger partial charge in [-0.05, 0) is 30.5 Å². The number of hydrogen-bond donors (Lipinski definition) is 2. The van der Waals surface area contributed by atoms with Crippen molar-refractivity contribution in [1.82, 2.24) is 10.6 Å². The third-order valence-electron chi connectivity index (χ3n) is 2.53. The van der Waals surface area contributed by atoms with Gasteiger partial charge in [-0.25, -0.2) is 0 Å². The number of hydrogen-bond acceptors (Lipinski definition) is 2. The zero-order valence-corrected chi connectivity index (χ0v) is 10.6. The SMILES string of the molecule is O=C(CNC1CC1)NCc1ccc(Br)cc1. The quantitative estimate of drug-likeness (QED) is 0.865. The molecule has 0 aromatic heterocycles. The minimum Gasteiger partial charge on any atom is -0.351 e. The van der Waals surface area contributed by atoms with Crippen molar-refractivity contribution in [3.05, 3.63) is 34.3 Å². The molecule has 86 valence electrons. The van der Waals surface area contributed by atoms with Crippen molar-refractivity contribution in [2.75, 3.05) is 6.54 Å².